The number of carbonyl (C=O) groups is 2. The second kappa shape index (κ2) is 13.2. The van der Waals surface area contributed by atoms with Crippen molar-refractivity contribution in [3.05, 3.63) is 87.9 Å². The van der Waals surface area contributed by atoms with E-state index in [9.17, 15) is 19.8 Å². The number of nitrogens with two attached hydrogens (primary N) is 2. The average Bonchev–Trinajstić information content (AvgIpc) is 3.70. The Bertz CT molecular complexity index is 1480. The molecule has 7 N–H and O–H groups in total. The Kier molecular flexibility index (Phi) is 9.82. The number of primary amides is 1. The Balaban J connectivity index is 0.000000415. The first-order chi connectivity index (χ1) is 20.7. The second-order valence-electron chi connectivity index (χ2n) is 11.4. The van der Waals surface area contributed by atoms with Crippen molar-refractivity contribution in [1.29, 1.82) is 0 Å². The Labute approximate surface area is 254 Å². The molecule has 1 heterocycles. The summed E-state index contributed by atoms with van der Waals surface area (Å²) in [5, 5.41) is 23.9. The molecule has 2 aromatic carbocycles. The van der Waals surface area contributed by atoms with Crippen molar-refractivity contribution >= 4 is 11.7 Å². The van der Waals surface area contributed by atoms with Crippen LogP contribution in [0.2, 0.25) is 0 Å². The second-order valence-corrected chi connectivity index (χ2v) is 11.4. The Morgan fingerprint density at radius 3 is 2.33 bits per heavy atom. The quantitative estimate of drug-likeness (QED) is 0.293. The number of aromatic hydroxyl groups is 1. The number of ketones is 1. The first-order valence-corrected chi connectivity index (χ1v) is 15.3. The number of rotatable bonds is 3. The number of fused-ring (bicyclic) bond motifs is 2. The Hall–Kier alpha value is -3.88. The van der Waals surface area contributed by atoms with Crippen LogP contribution in [-0.2, 0) is 22.5 Å². The van der Waals surface area contributed by atoms with Gasteiger partial charge >= 0.3 is 0 Å². The maximum absolute atomic E-state index is 13.8. The summed E-state index contributed by atoms with van der Waals surface area (Å²) in [5.41, 5.74) is 15.1. The highest BCUT2D eigenvalue weighted by atomic mass is 16.6. The van der Waals surface area contributed by atoms with Crippen molar-refractivity contribution in [3.8, 4) is 16.9 Å². The highest BCUT2D eigenvalue weighted by molar-refractivity contribution is 6.15. The lowest BCUT2D eigenvalue weighted by molar-refractivity contribution is -0.114. The maximum Gasteiger partial charge on any atom is 0.252 e. The first kappa shape index (κ1) is 32.0. The molecule has 1 saturated carbocycles. The van der Waals surface area contributed by atoms with Crippen LogP contribution in [0.15, 0.2) is 71.2 Å². The third-order valence-corrected chi connectivity index (χ3v) is 8.77. The van der Waals surface area contributed by atoms with Crippen molar-refractivity contribution in [2.75, 3.05) is 14.1 Å². The lowest BCUT2D eigenvalue weighted by atomic mass is 9.62. The monoisotopic (exact) mass is 587 g/mol. The van der Waals surface area contributed by atoms with Crippen molar-refractivity contribution in [3.63, 3.8) is 0 Å². The van der Waals surface area contributed by atoms with Gasteiger partial charge in [-0.1, -0.05) is 70.4 Å². The zero-order valence-corrected chi connectivity index (χ0v) is 25.8. The smallest absolute Gasteiger partial charge is 0.252 e. The minimum Gasteiger partial charge on any atom is -0.511 e. The number of phenolic OH excluding ortho intramolecular Hbond substituents is 1. The largest absolute Gasteiger partial charge is 0.511 e. The molecule has 3 atom stereocenters. The van der Waals surface area contributed by atoms with E-state index in [0.717, 1.165) is 22.3 Å². The summed E-state index contributed by atoms with van der Waals surface area (Å²) in [6.45, 7) is 8.41. The van der Waals surface area contributed by atoms with Gasteiger partial charge in [0.2, 0.25) is 0 Å². The molecule has 2 aromatic rings. The van der Waals surface area contributed by atoms with Crippen LogP contribution in [0.5, 0.6) is 5.75 Å². The number of carbonyl (C=O) groups excluding carboxylic acids is 2. The SMILES string of the molecule is C1CCC1.C=C1C(C(N)=O)=C(O)C[C@@H]2CC3Cc4c(-c5cccc(CN)c5)ccc(O)c4C(=O)C3=C3O[C@]132.CC.CNC. The molecule has 1 amide bonds. The van der Waals surface area contributed by atoms with Crippen LogP contribution >= 0.6 is 0 Å². The molecule has 0 bridgehead atoms. The van der Waals surface area contributed by atoms with Gasteiger partial charge in [-0.05, 0) is 67.2 Å². The average molecular weight is 588 g/mol. The van der Waals surface area contributed by atoms with Crippen molar-refractivity contribution in [2.24, 2.45) is 23.3 Å². The Morgan fingerprint density at radius 1 is 1.09 bits per heavy atom. The van der Waals surface area contributed by atoms with E-state index in [2.05, 4.69) is 11.9 Å². The van der Waals surface area contributed by atoms with E-state index in [1.807, 2.05) is 58.3 Å². The Morgan fingerprint density at radius 2 is 1.74 bits per heavy atom. The van der Waals surface area contributed by atoms with E-state index in [-0.39, 0.29) is 46.7 Å². The van der Waals surface area contributed by atoms with Gasteiger partial charge in [-0.25, -0.2) is 0 Å². The minimum absolute atomic E-state index is 0.0149. The lowest BCUT2D eigenvalue weighted by Crippen LogP contribution is -2.41. The van der Waals surface area contributed by atoms with E-state index in [0.29, 0.717) is 36.3 Å². The van der Waals surface area contributed by atoms with E-state index < -0.39 is 11.5 Å². The number of benzene rings is 2. The van der Waals surface area contributed by atoms with Crippen LogP contribution < -0.4 is 16.8 Å². The van der Waals surface area contributed by atoms with Gasteiger partial charge in [-0.15, -0.1) is 0 Å². The van der Waals surface area contributed by atoms with Gasteiger partial charge in [0.1, 0.15) is 11.5 Å². The van der Waals surface area contributed by atoms with Gasteiger partial charge < -0.3 is 31.7 Å². The summed E-state index contributed by atoms with van der Waals surface area (Å²) in [5.74, 6) is -0.966. The minimum atomic E-state index is -0.974. The summed E-state index contributed by atoms with van der Waals surface area (Å²) in [6.07, 6.45) is 7.36. The van der Waals surface area contributed by atoms with Gasteiger partial charge in [0.15, 0.2) is 17.1 Å². The van der Waals surface area contributed by atoms with Gasteiger partial charge in [-0.3, -0.25) is 9.59 Å². The van der Waals surface area contributed by atoms with Crippen LogP contribution in [0.3, 0.4) is 0 Å². The van der Waals surface area contributed by atoms with E-state index in [1.165, 1.54) is 25.7 Å². The number of aliphatic hydroxyl groups is 1. The molecule has 8 nitrogen and oxygen atoms in total. The summed E-state index contributed by atoms with van der Waals surface area (Å²) in [4.78, 5) is 25.7. The number of epoxide rings is 1. The third-order valence-electron chi connectivity index (χ3n) is 8.77. The molecule has 230 valence electrons. The molecule has 1 unspecified atom stereocenters. The number of allylic oxidation sites excluding steroid dienone is 2. The molecular formula is C35H45N3O5. The van der Waals surface area contributed by atoms with Gasteiger partial charge in [0.25, 0.3) is 5.91 Å². The summed E-state index contributed by atoms with van der Waals surface area (Å²) in [7, 11) is 3.75. The molecule has 1 spiro atoms. The summed E-state index contributed by atoms with van der Waals surface area (Å²) >= 11 is 0. The number of hydrogen-bond donors (Lipinski definition) is 5. The molecule has 2 fully saturated rings. The van der Waals surface area contributed by atoms with Crippen molar-refractivity contribution < 1.29 is 24.5 Å². The molecule has 5 aliphatic rings. The first-order valence-electron chi connectivity index (χ1n) is 15.3. The van der Waals surface area contributed by atoms with E-state index in [1.54, 1.807) is 6.07 Å². The molecule has 7 rings (SSSR count). The van der Waals surface area contributed by atoms with Crippen molar-refractivity contribution in [1.82, 2.24) is 5.32 Å². The fourth-order valence-electron chi connectivity index (χ4n) is 6.47. The van der Waals surface area contributed by atoms with Crippen LogP contribution in [-0.4, -0.2) is 41.6 Å². The third kappa shape index (κ3) is 5.61. The standard InChI is InChI=1S/C27H24N2O5.C4H8.C2H7N.C2H6/c1-12-21(26(29)33)20(31)10-16-8-15-9-18-17(14-4-2-3-13(7-14)11-28)5-6-19(30)23(18)24(32)22(15)25-27(12,16)34-25;1-2-4-3-1;1-3-2;1-2/h2-7,15-16,30-31H,1,8-11,28H2,(H2,29,33);1-4H2;3H,1-2H3;1-2H3/t15?,16-,27-;;;/m0.../s1. The van der Waals surface area contributed by atoms with Crippen LogP contribution in [0.1, 0.15) is 73.9 Å². The molecule has 1 aliphatic heterocycles. The number of Topliss-reactive ketones (excluding diaryl/α,β-unsaturated/α-hetero) is 1. The highest BCUT2D eigenvalue weighted by Crippen LogP contribution is 2.65. The zero-order valence-electron chi connectivity index (χ0n) is 25.8. The molecule has 1 saturated heterocycles. The fraction of sp³-hybridized carbons (Fsp3) is 0.429. The molecule has 43 heavy (non-hydrogen) atoms. The lowest BCUT2D eigenvalue weighted by Gasteiger charge is -2.37. The predicted molar refractivity (Wildman–Crippen MR) is 169 cm³/mol. The summed E-state index contributed by atoms with van der Waals surface area (Å²) in [6, 6.07) is 11.2. The zero-order chi connectivity index (χ0) is 31.5. The fourth-order valence-corrected chi connectivity index (χ4v) is 6.47. The number of phenols is 1. The van der Waals surface area contributed by atoms with Crippen LogP contribution in [0.4, 0.5) is 0 Å². The number of hydrogen-bond acceptors (Lipinski definition) is 7. The summed E-state index contributed by atoms with van der Waals surface area (Å²) < 4.78 is 6.06. The van der Waals surface area contributed by atoms with E-state index >= 15 is 0 Å². The van der Waals surface area contributed by atoms with Gasteiger partial charge in [0, 0.05) is 30.0 Å². The molecule has 8 heteroatoms. The van der Waals surface area contributed by atoms with Crippen LogP contribution in [0, 0.1) is 11.8 Å². The molecule has 0 radical (unpaired) electrons. The van der Waals surface area contributed by atoms with Crippen LogP contribution in [0.25, 0.3) is 11.1 Å². The molecule has 4 aliphatic carbocycles. The molecular weight excluding hydrogens is 542 g/mol. The predicted octanol–water partition coefficient (Wildman–Crippen LogP) is 5.60. The van der Waals surface area contributed by atoms with Crippen molar-refractivity contribution in [2.45, 2.75) is 70.9 Å². The number of ether oxygens (including phenoxy) is 1. The molecule has 0 aromatic heterocycles. The topological polar surface area (TPSA) is 151 Å². The number of aliphatic hydroxyl groups excluding tert-OH is 1. The highest BCUT2D eigenvalue weighted by Gasteiger charge is 2.69. The van der Waals surface area contributed by atoms with Gasteiger partial charge in [0.05, 0.1) is 11.1 Å². The normalized spacial score (nSPS) is 24.0. The maximum atomic E-state index is 13.8. The van der Waals surface area contributed by atoms with E-state index in [4.69, 9.17) is 16.2 Å². The number of amides is 1. The van der Waals surface area contributed by atoms with Gasteiger partial charge in [-0.2, -0.15) is 0 Å². The number of nitrogens with one attached hydrogen (secondary N) is 1.